The van der Waals surface area contributed by atoms with Crippen molar-refractivity contribution < 1.29 is 4.79 Å². The topological polar surface area (TPSA) is 44.4 Å². The third-order valence-electron chi connectivity index (χ3n) is 4.37. The van der Waals surface area contributed by atoms with E-state index in [2.05, 4.69) is 22.5 Å². The Hall–Kier alpha value is -0.610. The first kappa shape index (κ1) is 13.8. The van der Waals surface area contributed by atoms with E-state index in [1.807, 2.05) is 0 Å². The van der Waals surface area contributed by atoms with Crippen LogP contribution < -0.4 is 10.6 Å². The SMILES string of the molecule is CCC1CCC(NC(=O)CN2CCNCC2)CC1. The molecule has 1 aliphatic heterocycles. The molecule has 0 atom stereocenters. The maximum Gasteiger partial charge on any atom is 0.234 e. The highest BCUT2D eigenvalue weighted by atomic mass is 16.2. The summed E-state index contributed by atoms with van der Waals surface area (Å²) in [6.07, 6.45) is 6.21. The van der Waals surface area contributed by atoms with E-state index in [0.717, 1.165) is 32.1 Å². The van der Waals surface area contributed by atoms with Crippen molar-refractivity contribution >= 4 is 5.91 Å². The van der Waals surface area contributed by atoms with Crippen molar-refractivity contribution in [3.63, 3.8) is 0 Å². The van der Waals surface area contributed by atoms with Crippen LogP contribution in [0, 0.1) is 5.92 Å². The molecule has 4 heteroatoms. The number of carbonyl (C=O) groups is 1. The lowest BCUT2D eigenvalue weighted by Gasteiger charge is -2.30. The quantitative estimate of drug-likeness (QED) is 0.785. The van der Waals surface area contributed by atoms with Crippen molar-refractivity contribution in [2.24, 2.45) is 5.92 Å². The Labute approximate surface area is 110 Å². The van der Waals surface area contributed by atoms with Crippen molar-refractivity contribution in [3.05, 3.63) is 0 Å². The molecule has 2 aliphatic rings. The Balaban J connectivity index is 1.65. The van der Waals surface area contributed by atoms with Gasteiger partial charge in [0.15, 0.2) is 0 Å². The van der Waals surface area contributed by atoms with Crippen molar-refractivity contribution in [2.75, 3.05) is 32.7 Å². The molecule has 0 aromatic carbocycles. The molecule has 1 aliphatic carbocycles. The van der Waals surface area contributed by atoms with Crippen LogP contribution in [-0.4, -0.2) is 49.6 Å². The van der Waals surface area contributed by atoms with E-state index in [4.69, 9.17) is 0 Å². The van der Waals surface area contributed by atoms with Crippen molar-refractivity contribution in [2.45, 2.75) is 45.1 Å². The normalized spacial score (nSPS) is 30.1. The van der Waals surface area contributed by atoms with Crippen LogP contribution in [0.5, 0.6) is 0 Å². The maximum atomic E-state index is 12.0. The largest absolute Gasteiger partial charge is 0.352 e. The van der Waals surface area contributed by atoms with Crippen molar-refractivity contribution in [1.29, 1.82) is 0 Å². The molecule has 0 unspecified atom stereocenters. The maximum absolute atomic E-state index is 12.0. The van der Waals surface area contributed by atoms with Gasteiger partial charge in [0, 0.05) is 32.2 Å². The molecule has 2 fully saturated rings. The molecule has 1 heterocycles. The zero-order valence-corrected chi connectivity index (χ0v) is 11.6. The smallest absolute Gasteiger partial charge is 0.234 e. The van der Waals surface area contributed by atoms with Gasteiger partial charge in [-0.25, -0.2) is 0 Å². The molecule has 104 valence electrons. The standard InChI is InChI=1S/C14H27N3O/c1-2-12-3-5-13(6-4-12)16-14(18)11-17-9-7-15-8-10-17/h12-13,15H,2-11H2,1H3,(H,16,18). The third-order valence-corrected chi connectivity index (χ3v) is 4.37. The second-order valence-corrected chi connectivity index (χ2v) is 5.72. The van der Waals surface area contributed by atoms with E-state index >= 15 is 0 Å². The first-order chi connectivity index (χ1) is 8.78. The number of piperazine rings is 1. The minimum atomic E-state index is 0.219. The van der Waals surface area contributed by atoms with Crippen LogP contribution in [0.3, 0.4) is 0 Å². The molecule has 1 saturated heterocycles. The molecule has 4 nitrogen and oxygen atoms in total. The van der Waals surface area contributed by atoms with Gasteiger partial charge in [-0.2, -0.15) is 0 Å². The average molecular weight is 253 g/mol. The van der Waals surface area contributed by atoms with E-state index in [0.29, 0.717) is 12.6 Å². The van der Waals surface area contributed by atoms with Gasteiger partial charge in [-0.1, -0.05) is 13.3 Å². The lowest BCUT2D eigenvalue weighted by atomic mass is 9.84. The Bertz CT molecular complexity index is 256. The number of nitrogens with one attached hydrogen (secondary N) is 2. The Morgan fingerprint density at radius 2 is 1.89 bits per heavy atom. The zero-order valence-electron chi connectivity index (χ0n) is 11.6. The summed E-state index contributed by atoms with van der Waals surface area (Å²) in [5, 5.41) is 6.52. The summed E-state index contributed by atoms with van der Waals surface area (Å²) in [7, 11) is 0. The lowest BCUT2D eigenvalue weighted by molar-refractivity contribution is -0.123. The number of hydrogen-bond donors (Lipinski definition) is 2. The van der Waals surface area contributed by atoms with Gasteiger partial charge in [-0.3, -0.25) is 9.69 Å². The summed E-state index contributed by atoms with van der Waals surface area (Å²) < 4.78 is 0. The van der Waals surface area contributed by atoms with Gasteiger partial charge < -0.3 is 10.6 Å². The zero-order chi connectivity index (χ0) is 12.8. The molecule has 1 amide bonds. The Kier molecular flexibility index (Phi) is 5.45. The van der Waals surface area contributed by atoms with Crippen LogP contribution in [0.2, 0.25) is 0 Å². The van der Waals surface area contributed by atoms with Crippen LogP contribution in [0.15, 0.2) is 0 Å². The summed E-state index contributed by atoms with van der Waals surface area (Å²) in [5.41, 5.74) is 0. The van der Waals surface area contributed by atoms with E-state index < -0.39 is 0 Å². The molecule has 0 aromatic heterocycles. The van der Waals surface area contributed by atoms with Crippen LogP contribution in [0.25, 0.3) is 0 Å². The fourth-order valence-electron chi connectivity index (χ4n) is 3.06. The summed E-state index contributed by atoms with van der Waals surface area (Å²) in [5.74, 6) is 1.11. The summed E-state index contributed by atoms with van der Waals surface area (Å²) in [6, 6.07) is 0.434. The van der Waals surface area contributed by atoms with Gasteiger partial charge >= 0.3 is 0 Å². The average Bonchev–Trinajstić information content (AvgIpc) is 2.40. The van der Waals surface area contributed by atoms with E-state index in [1.165, 1.54) is 32.1 Å². The fourth-order valence-corrected chi connectivity index (χ4v) is 3.06. The number of carbonyl (C=O) groups excluding carboxylic acids is 1. The van der Waals surface area contributed by atoms with Crippen molar-refractivity contribution in [1.82, 2.24) is 15.5 Å². The highest BCUT2D eigenvalue weighted by Crippen LogP contribution is 2.26. The first-order valence-electron chi connectivity index (χ1n) is 7.50. The van der Waals surface area contributed by atoms with Gasteiger partial charge in [0.25, 0.3) is 0 Å². The molecule has 0 aromatic rings. The van der Waals surface area contributed by atoms with Crippen molar-refractivity contribution in [3.8, 4) is 0 Å². The van der Waals surface area contributed by atoms with Crippen LogP contribution in [-0.2, 0) is 4.79 Å². The summed E-state index contributed by atoms with van der Waals surface area (Å²) in [4.78, 5) is 14.2. The van der Waals surface area contributed by atoms with Gasteiger partial charge in [-0.15, -0.1) is 0 Å². The molecule has 0 spiro atoms. The first-order valence-corrected chi connectivity index (χ1v) is 7.50. The lowest BCUT2D eigenvalue weighted by Crippen LogP contribution is -2.49. The number of rotatable bonds is 4. The van der Waals surface area contributed by atoms with E-state index in [9.17, 15) is 4.79 Å². The van der Waals surface area contributed by atoms with Gasteiger partial charge in [0.1, 0.15) is 0 Å². The van der Waals surface area contributed by atoms with E-state index in [-0.39, 0.29) is 5.91 Å². The number of nitrogens with zero attached hydrogens (tertiary/aromatic N) is 1. The third kappa shape index (κ3) is 4.25. The summed E-state index contributed by atoms with van der Waals surface area (Å²) in [6.45, 7) is 6.86. The van der Waals surface area contributed by atoms with E-state index in [1.54, 1.807) is 0 Å². The van der Waals surface area contributed by atoms with Crippen LogP contribution in [0.4, 0.5) is 0 Å². The minimum absolute atomic E-state index is 0.219. The molecule has 0 radical (unpaired) electrons. The minimum Gasteiger partial charge on any atom is -0.352 e. The Morgan fingerprint density at radius 3 is 2.50 bits per heavy atom. The van der Waals surface area contributed by atoms with Gasteiger partial charge in [-0.05, 0) is 31.6 Å². The van der Waals surface area contributed by atoms with Gasteiger partial charge in [0.05, 0.1) is 6.54 Å². The molecule has 2 rings (SSSR count). The predicted molar refractivity (Wildman–Crippen MR) is 73.5 cm³/mol. The van der Waals surface area contributed by atoms with Crippen LogP contribution in [0.1, 0.15) is 39.0 Å². The second-order valence-electron chi connectivity index (χ2n) is 5.72. The molecular formula is C14H27N3O. The Morgan fingerprint density at radius 1 is 1.22 bits per heavy atom. The molecular weight excluding hydrogens is 226 g/mol. The number of amides is 1. The molecule has 1 saturated carbocycles. The number of hydrogen-bond acceptors (Lipinski definition) is 3. The molecule has 2 N–H and O–H groups in total. The second kappa shape index (κ2) is 7.10. The monoisotopic (exact) mass is 253 g/mol. The molecule has 18 heavy (non-hydrogen) atoms. The predicted octanol–water partition coefficient (Wildman–Crippen LogP) is 0.977. The van der Waals surface area contributed by atoms with Crippen LogP contribution >= 0.6 is 0 Å². The van der Waals surface area contributed by atoms with Gasteiger partial charge in [0.2, 0.25) is 5.91 Å². The molecule has 0 bridgehead atoms. The highest BCUT2D eigenvalue weighted by Gasteiger charge is 2.22. The summed E-state index contributed by atoms with van der Waals surface area (Å²) >= 11 is 0. The fraction of sp³-hybridized carbons (Fsp3) is 0.929. The highest BCUT2D eigenvalue weighted by molar-refractivity contribution is 5.78.